The van der Waals surface area contributed by atoms with Gasteiger partial charge in [0.25, 0.3) is 5.91 Å². The number of hydrogen-bond donors (Lipinski definition) is 2. The molecule has 146 valence electrons. The number of rotatable bonds is 6. The Labute approximate surface area is 166 Å². The van der Waals surface area contributed by atoms with E-state index in [4.69, 9.17) is 4.74 Å². The van der Waals surface area contributed by atoms with Crippen LogP contribution in [0.25, 0.3) is 10.6 Å². The van der Waals surface area contributed by atoms with Crippen molar-refractivity contribution < 1.29 is 17.9 Å². The van der Waals surface area contributed by atoms with Gasteiger partial charge in [-0.1, -0.05) is 17.4 Å². The molecule has 1 amide bonds. The van der Waals surface area contributed by atoms with Crippen LogP contribution in [0.4, 0.5) is 10.8 Å². The van der Waals surface area contributed by atoms with E-state index in [-0.39, 0.29) is 0 Å². The summed E-state index contributed by atoms with van der Waals surface area (Å²) in [6, 6.07) is 12.1. The fraction of sp³-hybridized carbons (Fsp3) is 0.167. The largest absolute Gasteiger partial charge is 0.497 e. The quantitative estimate of drug-likeness (QED) is 0.636. The molecule has 3 aromatic rings. The van der Waals surface area contributed by atoms with Crippen molar-refractivity contribution in [2.24, 2.45) is 0 Å². The first kappa shape index (κ1) is 19.8. The van der Waals surface area contributed by atoms with E-state index in [2.05, 4.69) is 20.2 Å². The van der Waals surface area contributed by atoms with Gasteiger partial charge in [0.15, 0.2) is 0 Å². The number of anilines is 2. The summed E-state index contributed by atoms with van der Waals surface area (Å²) < 4.78 is 30.5. The summed E-state index contributed by atoms with van der Waals surface area (Å²) in [7, 11) is -1.85. The molecule has 3 rings (SSSR count). The molecular weight excluding hydrogens is 400 g/mol. The molecule has 1 aromatic heterocycles. The van der Waals surface area contributed by atoms with Gasteiger partial charge in [0, 0.05) is 11.1 Å². The lowest BCUT2D eigenvalue weighted by atomic mass is 10.1. The second-order valence-electron chi connectivity index (χ2n) is 6.00. The van der Waals surface area contributed by atoms with Crippen molar-refractivity contribution in [1.82, 2.24) is 10.2 Å². The normalized spacial score (nSPS) is 11.1. The first-order valence-electron chi connectivity index (χ1n) is 8.13. The Morgan fingerprint density at radius 3 is 2.46 bits per heavy atom. The predicted molar refractivity (Wildman–Crippen MR) is 109 cm³/mol. The maximum Gasteiger partial charge on any atom is 0.257 e. The van der Waals surface area contributed by atoms with Gasteiger partial charge < -0.3 is 4.74 Å². The van der Waals surface area contributed by atoms with Crippen molar-refractivity contribution in [3.63, 3.8) is 0 Å². The number of amides is 1. The van der Waals surface area contributed by atoms with Crippen LogP contribution in [0.5, 0.6) is 5.75 Å². The monoisotopic (exact) mass is 418 g/mol. The van der Waals surface area contributed by atoms with E-state index < -0.39 is 15.9 Å². The molecule has 2 N–H and O–H groups in total. The van der Waals surface area contributed by atoms with Crippen LogP contribution in [0.3, 0.4) is 0 Å². The summed E-state index contributed by atoms with van der Waals surface area (Å²) >= 11 is 1.23. The smallest absolute Gasteiger partial charge is 0.257 e. The van der Waals surface area contributed by atoms with Gasteiger partial charge in [-0.05, 0) is 48.9 Å². The molecule has 0 radical (unpaired) electrons. The van der Waals surface area contributed by atoms with Crippen LogP contribution in [0.1, 0.15) is 15.9 Å². The molecule has 0 saturated heterocycles. The summed E-state index contributed by atoms with van der Waals surface area (Å²) in [5.41, 5.74) is 2.22. The molecule has 8 nitrogen and oxygen atoms in total. The van der Waals surface area contributed by atoms with Crippen molar-refractivity contribution in [3.8, 4) is 16.3 Å². The van der Waals surface area contributed by atoms with Crippen molar-refractivity contribution >= 4 is 38.1 Å². The van der Waals surface area contributed by atoms with Crippen molar-refractivity contribution in [1.29, 1.82) is 0 Å². The highest BCUT2D eigenvalue weighted by Gasteiger charge is 2.14. The van der Waals surface area contributed by atoms with Crippen LogP contribution in [0.15, 0.2) is 42.5 Å². The molecule has 1 heterocycles. The molecular formula is C18H18N4O4S2. The number of nitrogens with one attached hydrogen (secondary N) is 2. The third kappa shape index (κ3) is 4.84. The van der Waals surface area contributed by atoms with E-state index >= 15 is 0 Å². The average molecular weight is 419 g/mol. The molecule has 0 aliphatic carbocycles. The topological polar surface area (TPSA) is 110 Å². The van der Waals surface area contributed by atoms with Crippen LogP contribution in [0.2, 0.25) is 0 Å². The van der Waals surface area contributed by atoms with E-state index in [1.54, 1.807) is 26.2 Å². The number of methoxy groups -OCH3 is 1. The van der Waals surface area contributed by atoms with E-state index in [1.165, 1.54) is 17.4 Å². The molecule has 0 aliphatic heterocycles. The highest BCUT2D eigenvalue weighted by molar-refractivity contribution is 7.92. The summed E-state index contributed by atoms with van der Waals surface area (Å²) in [6.45, 7) is 1.75. The first-order valence-corrected chi connectivity index (χ1v) is 10.8. The number of nitrogens with zero attached hydrogens (tertiary/aromatic N) is 2. The zero-order chi connectivity index (χ0) is 20.3. The van der Waals surface area contributed by atoms with Crippen molar-refractivity contribution in [2.45, 2.75) is 6.92 Å². The maximum atomic E-state index is 12.5. The Morgan fingerprint density at radius 1 is 1.11 bits per heavy atom. The summed E-state index contributed by atoms with van der Waals surface area (Å²) in [4.78, 5) is 12.5. The van der Waals surface area contributed by atoms with Crippen LogP contribution in [0, 0.1) is 6.92 Å². The molecule has 2 aromatic carbocycles. The summed E-state index contributed by atoms with van der Waals surface area (Å²) in [5.74, 6) is 0.327. The number of aryl methyl sites for hydroxylation is 1. The maximum absolute atomic E-state index is 12.5. The number of aromatic nitrogens is 2. The van der Waals surface area contributed by atoms with Gasteiger partial charge in [-0.15, -0.1) is 10.2 Å². The molecule has 0 spiro atoms. The number of ether oxygens (including phenoxy) is 1. The lowest BCUT2D eigenvalue weighted by Crippen LogP contribution is -2.14. The zero-order valence-electron chi connectivity index (χ0n) is 15.4. The Hall–Kier alpha value is -2.98. The minimum absolute atomic E-state index is 0.304. The van der Waals surface area contributed by atoms with Gasteiger partial charge in [0.05, 0.1) is 19.1 Å². The van der Waals surface area contributed by atoms with Crippen molar-refractivity contribution in [3.05, 3.63) is 53.6 Å². The highest BCUT2D eigenvalue weighted by Crippen LogP contribution is 2.28. The fourth-order valence-corrected chi connectivity index (χ4v) is 3.73. The fourth-order valence-electron chi connectivity index (χ4n) is 2.37. The van der Waals surface area contributed by atoms with E-state index in [0.717, 1.165) is 17.6 Å². The van der Waals surface area contributed by atoms with Gasteiger partial charge in [-0.25, -0.2) is 8.42 Å². The minimum atomic E-state index is -3.44. The molecule has 28 heavy (non-hydrogen) atoms. The Morgan fingerprint density at radius 2 is 1.82 bits per heavy atom. The molecule has 0 fully saturated rings. The van der Waals surface area contributed by atoms with E-state index in [0.29, 0.717) is 27.0 Å². The molecule has 0 atom stereocenters. The SMILES string of the molecule is COc1ccc(-c2nnc(NC(=O)c3ccc(C)c(NS(C)(=O)=O)c3)s2)cc1. The molecule has 10 heteroatoms. The van der Waals surface area contributed by atoms with Gasteiger partial charge in [0.1, 0.15) is 10.8 Å². The van der Waals surface area contributed by atoms with Crippen LogP contribution in [-0.2, 0) is 10.0 Å². The second kappa shape index (κ2) is 7.95. The highest BCUT2D eigenvalue weighted by atomic mass is 32.2. The molecule has 0 saturated carbocycles. The standard InChI is InChI=1S/C18H18N4O4S2/c1-11-4-5-13(10-15(11)22-28(3,24)25)16(23)19-18-21-20-17(27-18)12-6-8-14(26-2)9-7-12/h4-10,22H,1-3H3,(H,19,21,23). The second-order valence-corrected chi connectivity index (χ2v) is 8.72. The third-order valence-corrected chi connectivity index (χ3v) is 5.26. The molecule has 0 bridgehead atoms. The molecule has 0 unspecified atom stereocenters. The third-order valence-electron chi connectivity index (χ3n) is 3.78. The van der Waals surface area contributed by atoms with Crippen LogP contribution < -0.4 is 14.8 Å². The van der Waals surface area contributed by atoms with E-state index in [9.17, 15) is 13.2 Å². The lowest BCUT2D eigenvalue weighted by Gasteiger charge is -2.09. The van der Waals surface area contributed by atoms with Gasteiger partial charge in [-0.3, -0.25) is 14.8 Å². The lowest BCUT2D eigenvalue weighted by molar-refractivity contribution is 0.102. The Bertz CT molecular complexity index is 1110. The Kier molecular flexibility index (Phi) is 5.61. The van der Waals surface area contributed by atoms with E-state index in [1.807, 2.05) is 24.3 Å². The predicted octanol–water partition coefficient (Wildman–Crippen LogP) is 3.15. The zero-order valence-corrected chi connectivity index (χ0v) is 17.0. The van der Waals surface area contributed by atoms with Gasteiger partial charge in [0.2, 0.25) is 15.2 Å². The average Bonchev–Trinajstić information content (AvgIpc) is 3.11. The number of sulfonamides is 1. The number of hydrogen-bond acceptors (Lipinski definition) is 7. The number of benzene rings is 2. The summed E-state index contributed by atoms with van der Waals surface area (Å²) in [5, 5.41) is 11.8. The number of carbonyl (C=O) groups excluding carboxylic acids is 1. The first-order chi connectivity index (χ1) is 13.2. The van der Waals surface area contributed by atoms with Gasteiger partial charge in [-0.2, -0.15) is 0 Å². The molecule has 0 aliphatic rings. The summed E-state index contributed by atoms with van der Waals surface area (Å²) in [6.07, 6.45) is 1.06. The van der Waals surface area contributed by atoms with Crippen molar-refractivity contribution in [2.75, 3.05) is 23.4 Å². The van der Waals surface area contributed by atoms with Gasteiger partial charge >= 0.3 is 0 Å². The van der Waals surface area contributed by atoms with Crippen LogP contribution in [-0.4, -0.2) is 37.9 Å². The Balaban J connectivity index is 1.76. The minimum Gasteiger partial charge on any atom is -0.497 e. The van der Waals surface area contributed by atoms with Crippen LogP contribution >= 0.6 is 11.3 Å². The number of carbonyl (C=O) groups is 1.